The standard InChI is InChI=1S/C15H19FN4O/c1-10(8-11-4-6-12(16)7-5-11)20-15-13(21-3)14(17-2)18-9-19-15/h4-7,9-10H,8H2,1-3H3,(H2,17,18,19,20). The van der Waals surface area contributed by atoms with Gasteiger partial charge in [-0.15, -0.1) is 0 Å². The van der Waals surface area contributed by atoms with Gasteiger partial charge in [-0.3, -0.25) is 0 Å². The third-order valence-electron chi connectivity index (χ3n) is 3.08. The summed E-state index contributed by atoms with van der Waals surface area (Å²) in [6.45, 7) is 2.03. The first-order valence-corrected chi connectivity index (χ1v) is 6.71. The van der Waals surface area contributed by atoms with Crippen molar-refractivity contribution < 1.29 is 9.13 Å². The molecule has 0 fully saturated rings. The molecule has 1 aromatic carbocycles. The Hall–Kier alpha value is -2.37. The van der Waals surface area contributed by atoms with E-state index >= 15 is 0 Å². The second-order valence-corrected chi connectivity index (χ2v) is 4.73. The number of halogens is 1. The predicted octanol–water partition coefficient (Wildman–Crippen LogP) is 2.71. The Morgan fingerprint density at radius 1 is 1.19 bits per heavy atom. The van der Waals surface area contributed by atoms with E-state index in [1.165, 1.54) is 18.5 Å². The maximum Gasteiger partial charge on any atom is 0.204 e. The van der Waals surface area contributed by atoms with Crippen molar-refractivity contribution in [1.29, 1.82) is 0 Å². The smallest absolute Gasteiger partial charge is 0.204 e. The van der Waals surface area contributed by atoms with E-state index in [4.69, 9.17) is 4.74 Å². The number of benzene rings is 1. The highest BCUT2D eigenvalue weighted by Gasteiger charge is 2.13. The number of methoxy groups -OCH3 is 1. The van der Waals surface area contributed by atoms with Gasteiger partial charge in [0.1, 0.15) is 12.1 Å². The summed E-state index contributed by atoms with van der Waals surface area (Å²) in [5.74, 6) is 1.61. The third kappa shape index (κ3) is 3.81. The molecule has 1 atom stereocenters. The van der Waals surface area contributed by atoms with Crippen LogP contribution in [0.3, 0.4) is 0 Å². The van der Waals surface area contributed by atoms with Crippen LogP contribution in [0.5, 0.6) is 5.75 Å². The number of anilines is 2. The van der Waals surface area contributed by atoms with Crippen molar-refractivity contribution >= 4 is 11.6 Å². The summed E-state index contributed by atoms with van der Waals surface area (Å²) in [6, 6.07) is 6.61. The lowest BCUT2D eigenvalue weighted by Gasteiger charge is -2.17. The molecule has 0 bridgehead atoms. The number of rotatable bonds is 6. The first-order chi connectivity index (χ1) is 10.1. The summed E-state index contributed by atoms with van der Waals surface area (Å²) in [6.07, 6.45) is 2.23. The minimum atomic E-state index is -0.226. The van der Waals surface area contributed by atoms with Gasteiger partial charge in [0.15, 0.2) is 11.6 Å². The second-order valence-electron chi connectivity index (χ2n) is 4.73. The zero-order valence-electron chi connectivity index (χ0n) is 12.4. The van der Waals surface area contributed by atoms with Crippen LogP contribution in [0.15, 0.2) is 30.6 Å². The Morgan fingerprint density at radius 2 is 1.86 bits per heavy atom. The molecule has 0 saturated heterocycles. The van der Waals surface area contributed by atoms with Gasteiger partial charge in [0, 0.05) is 13.1 Å². The number of nitrogens with zero attached hydrogens (tertiary/aromatic N) is 2. The van der Waals surface area contributed by atoms with Gasteiger partial charge in [0.2, 0.25) is 5.75 Å². The maximum absolute atomic E-state index is 12.9. The Bertz CT molecular complexity index is 589. The molecule has 0 spiro atoms. The Balaban J connectivity index is 2.08. The summed E-state index contributed by atoms with van der Waals surface area (Å²) in [7, 11) is 3.35. The number of aromatic nitrogens is 2. The van der Waals surface area contributed by atoms with Crippen LogP contribution in [0.1, 0.15) is 12.5 Å². The monoisotopic (exact) mass is 290 g/mol. The van der Waals surface area contributed by atoms with Crippen LogP contribution in [-0.4, -0.2) is 30.2 Å². The van der Waals surface area contributed by atoms with Gasteiger partial charge in [0.25, 0.3) is 0 Å². The predicted molar refractivity (Wildman–Crippen MR) is 81.3 cm³/mol. The van der Waals surface area contributed by atoms with E-state index in [1.54, 1.807) is 26.3 Å². The second kappa shape index (κ2) is 6.88. The lowest BCUT2D eigenvalue weighted by atomic mass is 10.1. The fourth-order valence-corrected chi connectivity index (χ4v) is 2.11. The van der Waals surface area contributed by atoms with Crippen LogP contribution in [0.2, 0.25) is 0 Å². The fraction of sp³-hybridized carbons (Fsp3) is 0.333. The number of ether oxygens (including phenoxy) is 1. The van der Waals surface area contributed by atoms with Crippen LogP contribution in [0.25, 0.3) is 0 Å². The van der Waals surface area contributed by atoms with E-state index in [2.05, 4.69) is 20.6 Å². The average molecular weight is 290 g/mol. The highest BCUT2D eigenvalue weighted by atomic mass is 19.1. The maximum atomic E-state index is 12.9. The quantitative estimate of drug-likeness (QED) is 0.856. The molecule has 5 nitrogen and oxygen atoms in total. The molecular formula is C15H19FN4O. The van der Waals surface area contributed by atoms with Gasteiger partial charge < -0.3 is 15.4 Å². The highest BCUT2D eigenvalue weighted by molar-refractivity contribution is 5.63. The molecule has 21 heavy (non-hydrogen) atoms. The summed E-state index contributed by atoms with van der Waals surface area (Å²) in [4.78, 5) is 8.31. The fourth-order valence-electron chi connectivity index (χ4n) is 2.11. The molecule has 112 valence electrons. The zero-order chi connectivity index (χ0) is 15.2. The number of hydrogen-bond acceptors (Lipinski definition) is 5. The normalized spacial score (nSPS) is 11.8. The molecule has 2 N–H and O–H groups in total. The lowest BCUT2D eigenvalue weighted by Crippen LogP contribution is -2.20. The molecule has 0 radical (unpaired) electrons. The summed E-state index contributed by atoms with van der Waals surface area (Å²) >= 11 is 0. The van der Waals surface area contributed by atoms with Crippen molar-refractivity contribution in [3.05, 3.63) is 42.0 Å². The molecular weight excluding hydrogens is 271 g/mol. The molecule has 2 rings (SSSR count). The SMILES string of the molecule is CNc1ncnc(NC(C)Cc2ccc(F)cc2)c1OC. The minimum Gasteiger partial charge on any atom is -0.490 e. The molecule has 1 aromatic heterocycles. The van der Waals surface area contributed by atoms with Crippen molar-refractivity contribution in [1.82, 2.24) is 9.97 Å². The third-order valence-corrected chi connectivity index (χ3v) is 3.08. The summed E-state index contributed by atoms with van der Waals surface area (Å²) < 4.78 is 18.2. The van der Waals surface area contributed by atoms with Crippen LogP contribution >= 0.6 is 0 Å². The Morgan fingerprint density at radius 3 is 2.48 bits per heavy atom. The minimum absolute atomic E-state index is 0.115. The van der Waals surface area contributed by atoms with Gasteiger partial charge in [-0.1, -0.05) is 12.1 Å². The lowest BCUT2D eigenvalue weighted by molar-refractivity contribution is 0.414. The van der Waals surface area contributed by atoms with Crippen LogP contribution in [0.4, 0.5) is 16.0 Å². The average Bonchev–Trinajstić information content (AvgIpc) is 2.49. The van der Waals surface area contributed by atoms with E-state index in [0.29, 0.717) is 17.4 Å². The zero-order valence-corrected chi connectivity index (χ0v) is 12.4. The summed E-state index contributed by atoms with van der Waals surface area (Å²) in [5, 5.41) is 6.25. The molecule has 6 heteroatoms. The van der Waals surface area contributed by atoms with Crippen molar-refractivity contribution in [2.45, 2.75) is 19.4 Å². The molecule has 0 aliphatic heterocycles. The molecule has 1 heterocycles. The van der Waals surface area contributed by atoms with Crippen LogP contribution in [0, 0.1) is 5.82 Å². The Labute approximate surface area is 123 Å². The van der Waals surface area contributed by atoms with Crippen molar-refractivity contribution in [3.63, 3.8) is 0 Å². The summed E-state index contributed by atoms with van der Waals surface area (Å²) in [5.41, 5.74) is 1.05. The van der Waals surface area contributed by atoms with Gasteiger partial charge in [-0.2, -0.15) is 0 Å². The molecule has 0 aliphatic rings. The van der Waals surface area contributed by atoms with Gasteiger partial charge >= 0.3 is 0 Å². The topological polar surface area (TPSA) is 59.1 Å². The number of hydrogen-bond donors (Lipinski definition) is 2. The van der Waals surface area contributed by atoms with Crippen LogP contribution < -0.4 is 15.4 Å². The first kappa shape index (κ1) is 15.0. The molecule has 0 amide bonds. The molecule has 0 aliphatic carbocycles. The molecule has 0 saturated carbocycles. The highest BCUT2D eigenvalue weighted by Crippen LogP contribution is 2.29. The van der Waals surface area contributed by atoms with E-state index in [1.807, 2.05) is 6.92 Å². The van der Waals surface area contributed by atoms with Crippen molar-refractivity contribution in [2.75, 3.05) is 24.8 Å². The number of nitrogens with one attached hydrogen (secondary N) is 2. The van der Waals surface area contributed by atoms with Gasteiger partial charge in [-0.05, 0) is 31.0 Å². The van der Waals surface area contributed by atoms with Crippen molar-refractivity contribution in [3.8, 4) is 5.75 Å². The molecule has 1 unspecified atom stereocenters. The van der Waals surface area contributed by atoms with Crippen molar-refractivity contribution in [2.24, 2.45) is 0 Å². The van der Waals surface area contributed by atoms with E-state index in [9.17, 15) is 4.39 Å². The van der Waals surface area contributed by atoms with E-state index < -0.39 is 0 Å². The Kier molecular flexibility index (Phi) is 4.92. The first-order valence-electron chi connectivity index (χ1n) is 6.71. The largest absolute Gasteiger partial charge is 0.490 e. The van der Waals surface area contributed by atoms with E-state index in [0.717, 1.165) is 12.0 Å². The van der Waals surface area contributed by atoms with E-state index in [-0.39, 0.29) is 11.9 Å². The molecule has 2 aromatic rings. The van der Waals surface area contributed by atoms with Gasteiger partial charge in [0.05, 0.1) is 7.11 Å². The van der Waals surface area contributed by atoms with Crippen LogP contribution in [-0.2, 0) is 6.42 Å². The van der Waals surface area contributed by atoms with Gasteiger partial charge in [-0.25, -0.2) is 14.4 Å².